The number of fused-ring (bicyclic) bond motifs is 2. The number of rotatable bonds is 4. The first-order valence-corrected chi connectivity index (χ1v) is 11.4. The number of hydrogen-bond donors (Lipinski definition) is 1. The second-order valence-electron chi connectivity index (χ2n) is 9.02. The lowest BCUT2D eigenvalue weighted by Crippen LogP contribution is -2.53. The van der Waals surface area contributed by atoms with E-state index in [4.69, 9.17) is 9.47 Å². The fraction of sp³-hybridized carbons (Fsp3) is 0.435. The highest BCUT2D eigenvalue weighted by molar-refractivity contribution is 5.85. The highest BCUT2D eigenvalue weighted by Gasteiger charge is 2.36. The molecule has 184 valence electrons. The third-order valence-electron chi connectivity index (χ3n) is 6.96. The number of methoxy groups -OCH3 is 1. The van der Waals surface area contributed by atoms with Gasteiger partial charge in [-0.05, 0) is 43.1 Å². The number of piperidine rings is 1. The quantitative estimate of drug-likeness (QED) is 0.475. The zero-order valence-electron chi connectivity index (χ0n) is 18.9. The molecule has 2 aliphatic rings. The van der Waals surface area contributed by atoms with Crippen LogP contribution in [0.25, 0.3) is 27.8 Å². The first-order valence-electron chi connectivity index (χ1n) is 11.4. The average molecular weight is 488 g/mol. The van der Waals surface area contributed by atoms with Crippen LogP contribution in [0.4, 0.5) is 13.2 Å². The molecule has 1 atom stereocenters. The fourth-order valence-corrected chi connectivity index (χ4v) is 5.16. The molecule has 0 spiro atoms. The summed E-state index contributed by atoms with van der Waals surface area (Å²) in [6.45, 7) is 2.80. The van der Waals surface area contributed by atoms with Crippen LogP contribution in [-0.4, -0.2) is 68.5 Å². The summed E-state index contributed by atoms with van der Waals surface area (Å²) in [6, 6.07) is 4.04. The van der Waals surface area contributed by atoms with E-state index in [1.165, 1.54) is 40.8 Å². The molecule has 2 fully saturated rings. The van der Waals surface area contributed by atoms with Gasteiger partial charge >= 0.3 is 11.9 Å². The maximum atomic E-state index is 14.3. The molecule has 12 heteroatoms. The Morgan fingerprint density at radius 3 is 2.74 bits per heavy atom. The Bertz CT molecular complexity index is 1470. The van der Waals surface area contributed by atoms with Crippen molar-refractivity contribution >= 4 is 16.7 Å². The maximum absolute atomic E-state index is 14.3. The van der Waals surface area contributed by atoms with Crippen LogP contribution < -0.4 is 10.4 Å². The number of H-pyrrole nitrogens is 1. The molecule has 4 aromatic rings. The number of aromatic nitrogens is 5. The van der Waals surface area contributed by atoms with Crippen LogP contribution in [0.3, 0.4) is 0 Å². The molecule has 2 aliphatic heterocycles. The van der Waals surface area contributed by atoms with Crippen LogP contribution in [0.15, 0.2) is 35.5 Å². The van der Waals surface area contributed by atoms with Crippen LogP contribution in [0.2, 0.25) is 0 Å². The molecule has 5 heterocycles. The van der Waals surface area contributed by atoms with E-state index in [0.717, 1.165) is 25.5 Å². The molecule has 0 amide bonds. The monoisotopic (exact) mass is 488 g/mol. The van der Waals surface area contributed by atoms with Gasteiger partial charge in [0.05, 0.1) is 49.0 Å². The summed E-state index contributed by atoms with van der Waals surface area (Å²) in [7, 11) is 1.42. The Morgan fingerprint density at radius 1 is 1.20 bits per heavy atom. The lowest BCUT2D eigenvalue weighted by atomic mass is 9.98. The summed E-state index contributed by atoms with van der Waals surface area (Å²) in [4.78, 5) is 22.1. The molecule has 6 rings (SSSR count). The number of benzene rings is 1. The molecule has 0 aliphatic carbocycles. The van der Waals surface area contributed by atoms with Gasteiger partial charge in [-0.3, -0.25) is 9.47 Å². The molecule has 0 radical (unpaired) electrons. The van der Waals surface area contributed by atoms with E-state index in [1.54, 1.807) is 0 Å². The summed E-state index contributed by atoms with van der Waals surface area (Å²) >= 11 is 0. The first-order chi connectivity index (χ1) is 16.8. The van der Waals surface area contributed by atoms with Gasteiger partial charge in [0.1, 0.15) is 6.33 Å². The normalized spacial score (nSPS) is 19.9. The number of nitrogens with zero attached hydrogens (tertiary/aromatic N) is 5. The van der Waals surface area contributed by atoms with Crippen molar-refractivity contribution in [3.8, 4) is 16.9 Å². The van der Waals surface area contributed by atoms with Gasteiger partial charge in [0.2, 0.25) is 0 Å². The molecule has 0 bridgehead atoms. The van der Waals surface area contributed by atoms with Gasteiger partial charge in [0, 0.05) is 18.3 Å². The number of pyridine rings is 1. The first kappa shape index (κ1) is 22.1. The van der Waals surface area contributed by atoms with Crippen molar-refractivity contribution in [3.05, 3.63) is 46.8 Å². The van der Waals surface area contributed by atoms with Crippen LogP contribution in [0.1, 0.15) is 24.4 Å². The third-order valence-corrected chi connectivity index (χ3v) is 6.96. The third kappa shape index (κ3) is 3.67. The van der Waals surface area contributed by atoms with Gasteiger partial charge < -0.3 is 14.5 Å². The Hall–Kier alpha value is -3.38. The molecule has 0 saturated carbocycles. The van der Waals surface area contributed by atoms with Crippen molar-refractivity contribution in [1.29, 1.82) is 0 Å². The second kappa shape index (κ2) is 8.09. The van der Waals surface area contributed by atoms with E-state index in [9.17, 15) is 18.0 Å². The van der Waals surface area contributed by atoms with Crippen molar-refractivity contribution < 1.29 is 22.6 Å². The molecule has 2 saturated heterocycles. The zero-order valence-corrected chi connectivity index (χ0v) is 18.9. The van der Waals surface area contributed by atoms with Crippen molar-refractivity contribution in [2.24, 2.45) is 0 Å². The van der Waals surface area contributed by atoms with Gasteiger partial charge in [0.25, 0.3) is 0 Å². The van der Waals surface area contributed by atoms with E-state index >= 15 is 0 Å². The second-order valence-corrected chi connectivity index (χ2v) is 9.02. The Labute approximate surface area is 197 Å². The van der Waals surface area contributed by atoms with Crippen molar-refractivity contribution in [3.63, 3.8) is 0 Å². The Kier molecular flexibility index (Phi) is 5.11. The molecule has 35 heavy (non-hydrogen) atoms. The summed E-state index contributed by atoms with van der Waals surface area (Å²) in [5.41, 5.74) is -0.0893. The molecular formula is C23H23F3N6O3. The number of hydrogen-bond acceptors (Lipinski definition) is 6. The largest absolute Gasteiger partial charge is 0.493 e. The van der Waals surface area contributed by atoms with Crippen LogP contribution in [-0.2, 0) is 10.9 Å². The number of likely N-dealkylation sites (tertiary alicyclic amines) is 1. The van der Waals surface area contributed by atoms with E-state index in [0.29, 0.717) is 42.7 Å². The van der Waals surface area contributed by atoms with E-state index in [-0.39, 0.29) is 22.7 Å². The molecular weight excluding hydrogens is 465 g/mol. The number of ether oxygens (including phenoxy) is 2. The minimum absolute atomic E-state index is 0.0778. The van der Waals surface area contributed by atoms with Gasteiger partial charge in [-0.15, -0.1) is 0 Å². The topological polar surface area (TPSA) is 89.7 Å². The van der Waals surface area contributed by atoms with Crippen LogP contribution in [0.5, 0.6) is 5.75 Å². The zero-order chi connectivity index (χ0) is 24.3. The highest BCUT2D eigenvalue weighted by Crippen LogP contribution is 2.41. The SMILES string of the molecule is COc1cc(-c2cc3[nH]c(=O)n(C4CCCN(C5COC5)C4)c3cc2C(F)(F)F)cn2ncnc12. The van der Waals surface area contributed by atoms with Crippen molar-refractivity contribution in [1.82, 2.24) is 29.0 Å². The van der Waals surface area contributed by atoms with Gasteiger partial charge in [-0.25, -0.2) is 14.3 Å². The maximum Gasteiger partial charge on any atom is 0.417 e. The predicted molar refractivity (Wildman–Crippen MR) is 121 cm³/mol. The predicted octanol–water partition coefficient (Wildman–Crippen LogP) is 3.10. The average Bonchev–Trinajstić information content (AvgIpc) is 3.39. The lowest BCUT2D eigenvalue weighted by Gasteiger charge is -2.42. The minimum atomic E-state index is -4.64. The number of aromatic amines is 1. The number of halogens is 3. The molecule has 1 N–H and O–H groups in total. The van der Waals surface area contributed by atoms with Crippen LogP contribution in [0, 0.1) is 0 Å². The summed E-state index contributed by atoms with van der Waals surface area (Å²) in [6.07, 6.45) is -0.289. The highest BCUT2D eigenvalue weighted by atomic mass is 19.4. The van der Waals surface area contributed by atoms with Crippen molar-refractivity contribution in [2.45, 2.75) is 31.1 Å². The standard InChI is InChI=1S/C23H23F3N6O3/c1-34-20-5-13(8-31-21(20)27-12-28-31)16-6-18-19(7-17(16)23(24,25)26)32(22(33)29-18)14-3-2-4-30(9-14)15-10-35-11-15/h5-8,12,14-15H,2-4,9-11H2,1H3,(H,29,33). The molecule has 3 aromatic heterocycles. The number of alkyl halides is 3. The molecule has 1 unspecified atom stereocenters. The van der Waals surface area contributed by atoms with E-state index < -0.39 is 17.4 Å². The lowest BCUT2D eigenvalue weighted by molar-refractivity contribution is -0.137. The molecule has 1 aromatic carbocycles. The number of nitrogens with one attached hydrogen (secondary N) is 1. The summed E-state index contributed by atoms with van der Waals surface area (Å²) in [5, 5.41) is 4.05. The minimum Gasteiger partial charge on any atom is -0.493 e. The Morgan fingerprint density at radius 2 is 2.03 bits per heavy atom. The van der Waals surface area contributed by atoms with Gasteiger partial charge in [0.15, 0.2) is 11.4 Å². The fourth-order valence-electron chi connectivity index (χ4n) is 5.16. The summed E-state index contributed by atoms with van der Waals surface area (Å²) in [5.74, 6) is 0.293. The number of imidazole rings is 1. The smallest absolute Gasteiger partial charge is 0.417 e. The summed E-state index contributed by atoms with van der Waals surface area (Å²) < 4.78 is 56.4. The van der Waals surface area contributed by atoms with Crippen molar-refractivity contribution in [2.75, 3.05) is 33.4 Å². The van der Waals surface area contributed by atoms with E-state index in [2.05, 4.69) is 20.0 Å². The molecule has 9 nitrogen and oxygen atoms in total. The van der Waals surface area contributed by atoms with E-state index in [1.807, 2.05) is 0 Å². The Balaban J connectivity index is 1.50. The van der Waals surface area contributed by atoms with Gasteiger partial charge in [-0.2, -0.15) is 18.3 Å². The van der Waals surface area contributed by atoms with Crippen LogP contribution >= 0.6 is 0 Å². The van der Waals surface area contributed by atoms with Gasteiger partial charge in [-0.1, -0.05) is 0 Å².